The van der Waals surface area contributed by atoms with Gasteiger partial charge in [0.15, 0.2) is 0 Å². The highest BCUT2D eigenvalue weighted by Crippen LogP contribution is 2.35. The van der Waals surface area contributed by atoms with Crippen molar-refractivity contribution in [2.75, 3.05) is 0 Å². The van der Waals surface area contributed by atoms with Crippen LogP contribution >= 0.6 is 11.6 Å². The molecular formula is C19H29ClN4. The number of aliphatic imine (C=N–C) groups is 1. The number of hydrogen-bond donors (Lipinski definition) is 3. The summed E-state index contributed by atoms with van der Waals surface area (Å²) in [7, 11) is 0. The van der Waals surface area contributed by atoms with Crippen molar-refractivity contribution < 1.29 is 0 Å². The Morgan fingerprint density at radius 2 is 1.96 bits per heavy atom. The van der Waals surface area contributed by atoms with E-state index in [0.717, 1.165) is 19.3 Å². The van der Waals surface area contributed by atoms with Crippen LogP contribution in [0.25, 0.3) is 0 Å². The van der Waals surface area contributed by atoms with E-state index in [9.17, 15) is 0 Å². The molecule has 2 aliphatic rings. The average Bonchev–Trinajstić information content (AvgIpc) is 3.38. The normalized spacial score (nSPS) is 21.2. The summed E-state index contributed by atoms with van der Waals surface area (Å²) in [6.07, 6.45) is 12.4. The van der Waals surface area contributed by atoms with Gasteiger partial charge in [-0.3, -0.25) is 0 Å². The minimum Gasteiger partial charge on any atom is -0.401 e. The summed E-state index contributed by atoms with van der Waals surface area (Å²) in [6, 6.07) is 0.428. The molecule has 2 aliphatic carbocycles. The van der Waals surface area contributed by atoms with Crippen molar-refractivity contribution in [1.29, 1.82) is 5.41 Å². The molecule has 132 valence electrons. The van der Waals surface area contributed by atoms with Crippen LogP contribution in [-0.2, 0) is 0 Å². The first-order valence-electron chi connectivity index (χ1n) is 8.91. The number of nitrogens with zero attached hydrogens (tertiary/aromatic N) is 1. The van der Waals surface area contributed by atoms with Crippen LogP contribution in [0.1, 0.15) is 58.3 Å². The molecule has 2 rings (SSSR count). The van der Waals surface area contributed by atoms with Crippen molar-refractivity contribution in [1.82, 2.24) is 5.32 Å². The van der Waals surface area contributed by atoms with Crippen LogP contribution in [0.15, 0.2) is 39.8 Å². The zero-order valence-corrected chi connectivity index (χ0v) is 15.3. The largest absolute Gasteiger partial charge is 0.401 e. The summed E-state index contributed by atoms with van der Waals surface area (Å²) < 4.78 is 0. The second kappa shape index (κ2) is 9.07. The number of nitrogens with two attached hydrogens (primary N) is 1. The van der Waals surface area contributed by atoms with Gasteiger partial charge in [0.05, 0.1) is 10.7 Å². The topological polar surface area (TPSA) is 74.3 Å². The maximum atomic E-state index is 7.77. The molecule has 0 aromatic rings. The molecule has 2 saturated carbocycles. The smallest absolute Gasteiger partial charge is 0.119 e. The van der Waals surface area contributed by atoms with Gasteiger partial charge >= 0.3 is 0 Å². The maximum Gasteiger partial charge on any atom is 0.119 e. The zero-order valence-electron chi connectivity index (χ0n) is 14.6. The summed E-state index contributed by atoms with van der Waals surface area (Å²) >= 11 is 6.36. The van der Waals surface area contributed by atoms with Crippen molar-refractivity contribution in [2.24, 2.45) is 16.6 Å². The molecule has 0 radical (unpaired) electrons. The minimum atomic E-state index is 0.428. The fourth-order valence-electron chi connectivity index (χ4n) is 3.08. The highest BCUT2D eigenvalue weighted by Gasteiger charge is 2.24. The summed E-state index contributed by atoms with van der Waals surface area (Å²) in [4.78, 5) is 4.58. The molecular weight excluding hydrogens is 320 g/mol. The molecule has 4 nitrogen and oxygen atoms in total. The highest BCUT2D eigenvalue weighted by atomic mass is 35.5. The second-order valence-corrected chi connectivity index (χ2v) is 7.16. The van der Waals surface area contributed by atoms with Gasteiger partial charge in [-0.05, 0) is 44.9 Å². The number of hydrogen-bond acceptors (Lipinski definition) is 4. The first kappa shape index (κ1) is 18.8. The van der Waals surface area contributed by atoms with E-state index in [1.807, 2.05) is 6.92 Å². The van der Waals surface area contributed by atoms with Gasteiger partial charge in [-0.15, -0.1) is 0 Å². The second-order valence-electron chi connectivity index (χ2n) is 6.75. The molecule has 0 spiro atoms. The molecule has 0 atom stereocenters. The van der Waals surface area contributed by atoms with E-state index in [0.29, 0.717) is 39.8 Å². The molecule has 24 heavy (non-hydrogen) atoms. The predicted molar refractivity (Wildman–Crippen MR) is 104 cm³/mol. The molecule has 0 amide bonds. The van der Waals surface area contributed by atoms with Crippen molar-refractivity contribution in [2.45, 2.75) is 64.3 Å². The molecule has 0 bridgehead atoms. The van der Waals surface area contributed by atoms with E-state index >= 15 is 0 Å². The lowest BCUT2D eigenvalue weighted by atomic mass is 9.95. The predicted octanol–water partition coefficient (Wildman–Crippen LogP) is 4.63. The average molecular weight is 349 g/mol. The first-order valence-corrected chi connectivity index (χ1v) is 9.28. The van der Waals surface area contributed by atoms with E-state index in [1.165, 1.54) is 38.3 Å². The maximum absolute atomic E-state index is 7.77. The summed E-state index contributed by atoms with van der Waals surface area (Å²) in [5.41, 5.74) is 8.08. The Hall–Kier alpha value is -1.55. The van der Waals surface area contributed by atoms with Gasteiger partial charge in [0.1, 0.15) is 5.82 Å². The van der Waals surface area contributed by atoms with Crippen molar-refractivity contribution in [3.63, 3.8) is 0 Å². The van der Waals surface area contributed by atoms with Crippen LogP contribution in [0.3, 0.4) is 0 Å². The van der Waals surface area contributed by atoms with Crippen LogP contribution in [0.5, 0.6) is 0 Å². The Bertz CT molecular complexity index is 564. The Morgan fingerprint density at radius 3 is 2.50 bits per heavy atom. The van der Waals surface area contributed by atoms with Gasteiger partial charge in [-0.2, -0.15) is 0 Å². The molecule has 4 N–H and O–H groups in total. The lowest BCUT2D eigenvalue weighted by Crippen LogP contribution is -2.30. The van der Waals surface area contributed by atoms with Crippen molar-refractivity contribution in [3.8, 4) is 0 Å². The Balaban J connectivity index is 2.18. The van der Waals surface area contributed by atoms with E-state index < -0.39 is 0 Å². The van der Waals surface area contributed by atoms with Crippen LogP contribution in [0.2, 0.25) is 0 Å². The van der Waals surface area contributed by atoms with E-state index in [1.54, 1.807) is 6.08 Å². The monoisotopic (exact) mass is 348 g/mol. The number of nitrogens with one attached hydrogen (secondary N) is 2. The third-order valence-electron chi connectivity index (χ3n) is 4.65. The molecule has 0 saturated heterocycles. The third-order valence-corrected chi connectivity index (χ3v) is 5.05. The molecule has 0 unspecified atom stereocenters. The van der Waals surface area contributed by atoms with Gasteiger partial charge in [0, 0.05) is 23.5 Å². The standard InChI is InChI=1S/C19H29ClN4/c1-3-17(20)19(16(12-21)18(22)11-14-9-10-14)24-13(2)23-15-7-5-4-6-8-15/h3,12,14-15,21,23H,2,4-11,22H2,1H3/b17-3+,18-16+,21-12?,24-19?. The minimum absolute atomic E-state index is 0.428. The molecule has 0 heterocycles. The number of allylic oxidation sites excluding steroid dienone is 4. The molecule has 0 aromatic heterocycles. The quantitative estimate of drug-likeness (QED) is 0.559. The van der Waals surface area contributed by atoms with Crippen molar-refractivity contribution in [3.05, 3.63) is 34.8 Å². The van der Waals surface area contributed by atoms with E-state index in [-0.39, 0.29) is 0 Å². The fourth-order valence-corrected chi connectivity index (χ4v) is 3.23. The number of rotatable bonds is 8. The first-order chi connectivity index (χ1) is 11.5. The molecule has 0 aromatic carbocycles. The molecule has 0 aliphatic heterocycles. The van der Waals surface area contributed by atoms with Gasteiger partial charge in [0.25, 0.3) is 0 Å². The SMILES string of the molecule is C=C(N=C(/C(Cl)=C\C)/C(C=N)=C(/N)CC1CC1)NC1CCCCC1. The van der Waals surface area contributed by atoms with E-state index in [4.69, 9.17) is 22.7 Å². The van der Waals surface area contributed by atoms with Crippen molar-refractivity contribution >= 4 is 23.5 Å². The van der Waals surface area contributed by atoms with Gasteiger partial charge < -0.3 is 16.5 Å². The van der Waals surface area contributed by atoms with Crippen LogP contribution in [0.4, 0.5) is 0 Å². The summed E-state index contributed by atoms with van der Waals surface area (Å²) in [6.45, 7) is 5.89. The Morgan fingerprint density at radius 1 is 1.29 bits per heavy atom. The molecule has 5 heteroatoms. The van der Waals surface area contributed by atoms with Gasteiger partial charge in [0.2, 0.25) is 0 Å². The van der Waals surface area contributed by atoms with Crippen LogP contribution < -0.4 is 11.1 Å². The van der Waals surface area contributed by atoms with E-state index in [2.05, 4.69) is 16.9 Å². The fraction of sp³-hybridized carbons (Fsp3) is 0.579. The number of halogens is 1. The molecule has 2 fully saturated rings. The zero-order chi connectivity index (χ0) is 17.5. The highest BCUT2D eigenvalue weighted by molar-refractivity contribution is 6.48. The third kappa shape index (κ3) is 5.52. The Labute approximate surface area is 150 Å². The van der Waals surface area contributed by atoms with Gasteiger partial charge in [-0.1, -0.05) is 43.5 Å². The lowest BCUT2D eigenvalue weighted by molar-refractivity contribution is 0.396. The summed E-state index contributed by atoms with van der Waals surface area (Å²) in [5.74, 6) is 1.24. The van der Waals surface area contributed by atoms with Crippen LogP contribution in [-0.4, -0.2) is 18.0 Å². The lowest BCUT2D eigenvalue weighted by Gasteiger charge is -2.24. The summed E-state index contributed by atoms with van der Waals surface area (Å²) in [5, 5.41) is 11.7. The van der Waals surface area contributed by atoms with Gasteiger partial charge in [-0.25, -0.2) is 4.99 Å². The Kier molecular flexibility index (Phi) is 7.10. The van der Waals surface area contributed by atoms with Crippen LogP contribution in [0, 0.1) is 11.3 Å².